The van der Waals surface area contributed by atoms with Crippen LogP contribution < -0.4 is 0 Å². The molecule has 2 rings (SSSR count). The fraction of sp³-hybridized carbons (Fsp3) is 0.818. The van der Waals surface area contributed by atoms with Gasteiger partial charge in [-0.05, 0) is 31.6 Å². The maximum atomic E-state index is 11.7. The van der Waals surface area contributed by atoms with Gasteiger partial charge in [-0.1, -0.05) is 0 Å². The van der Waals surface area contributed by atoms with Crippen molar-refractivity contribution in [1.82, 2.24) is 4.90 Å². The van der Waals surface area contributed by atoms with Crippen LogP contribution in [0.15, 0.2) is 0 Å². The molecule has 0 aromatic heterocycles. The summed E-state index contributed by atoms with van der Waals surface area (Å²) in [7, 11) is 0. The second kappa shape index (κ2) is 3.83. The lowest BCUT2D eigenvalue weighted by Crippen LogP contribution is -2.37. The van der Waals surface area contributed by atoms with E-state index in [2.05, 4.69) is 0 Å². The second-order valence-corrected chi connectivity index (χ2v) is 4.57. The zero-order valence-electron chi connectivity index (χ0n) is 8.98. The Morgan fingerprint density at radius 1 is 1.53 bits per heavy atom. The Balaban J connectivity index is 2.09. The summed E-state index contributed by atoms with van der Waals surface area (Å²) < 4.78 is 0. The summed E-state index contributed by atoms with van der Waals surface area (Å²) in [5.74, 6) is -0.0275. The molecule has 1 amide bonds. The summed E-state index contributed by atoms with van der Waals surface area (Å²) in [6, 6.07) is 0.207. The summed E-state index contributed by atoms with van der Waals surface area (Å²) in [5, 5.41) is 8.81. The number of aliphatic carboxylic acids is 1. The molecule has 84 valence electrons. The fourth-order valence-corrected chi connectivity index (χ4v) is 2.76. The Morgan fingerprint density at radius 3 is 2.67 bits per heavy atom. The molecule has 1 N–H and O–H groups in total. The molecule has 0 bridgehead atoms. The molecule has 0 aromatic carbocycles. The molecule has 4 nitrogen and oxygen atoms in total. The van der Waals surface area contributed by atoms with Crippen LogP contribution >= 0.6 is 0 Å². The molecule has 1 saturated heterocycles. The quantitative estimate of drug-likeness (QED) is 0.757. The van der Waals surface area contributed by atoms with Crippen LogP contribution in [0, 0.1) is 11.8 Å². The zero-order valence-corrected chi connectivity index (χ0v) is 8.98. The molecule has 2 aliphatic rings. The first kappa shape index (κ1) is 10.5. The minimum atomic E-state index is -0.781. The van der Waals surface area contributed by atoms with Crippen LogP contribution in [-0.2, 0) is 9.59 Å². The van der Waals surface area contributed by atoms with Gasteiger partial charge in [0, 0.05) is 19.0 Å². The van der Waals surface area contributed by atoms with Crippen molar-refractivity contribution in [3.8, 4) is 0 Å². The Bertz CT molecular complexity index is 286. The van der Waals surface area contributed by atoms with Crippen LogP contribution in [0.4, 0.5) is 0 Å². The molecule has 4 heteroatoms. The van der Waals surface area contributed by atoms with Gasteiger partial charge in [-0.15, -0.1) is 0 Å². The van der Waals surface area contributed by atoms with Gasteiger partial charge in [-0.25, -0.2) is 0 Å². The largest absolute Gasteiger partial charge is 0.481 e. The molecule has 1 aliphatic carbocycles. The molecule has 0 spiro atoms. The predicted molar refractivity (Wildman–Crippen MR) is 54.3 cm³/mol. The van der Waals surface area contributed by atoms with Gasteiger partial charge in [0.15, 0.2) is 0 Å². The summed E-state index contributed by atoms with van der Waals surface area (Å²) >= 11 is 0. The highest BCUT2D eigenvalue weighted by Crippen LogP contribution is 2.44. The number of amides is 1. The predicted octanol–water partition coefficient (Wildman–Crippen LogP) is 1.11. The number of carboxylic acids is 1. The van der Waals surface area contributed by atoms with Gasteiger partial charge in [0.1, 0.15) is 0 Å². The Kier molecular flexibility index (Phi) is 2.67. The second-order valence-electron chi connectivity index (χ2n) is 4.57. The maximum Gasteiger partial charge on any atom is 0.303 e. The van der Waals surface area contributed by atoms with Crippen molar-refractivity contribution in [2.75, 3.05) is 6.54 Å². The van der Waals surface area contributed by atoms with E-state index in [0.29, 0.717) is 12.3 Å². The minimum Gasteiger partial charge on any atom is -0.481 e. The van der Waals surface area contributed by atoms with E-state index in [1.54, 1.807) is 0 Å². The highest BCUT2D eigenvalue weighted by Gasteiger charge is 2.47. The van der Waals surface area contributed by atoms with E-state index in [0.717, 1.165) is 19.4 Å². The van der Waals surface area contributed by atoms with E-state index < -0.39 is 5.97 Å². The highest BCUT2D eigenvalue weighted by molar-refractivity contribution is 5.80. The molecular formula is C11H17NO3. The normalized spacial score (nSPS) is 31.0. The lowest BCUT2D eigenvalue weighted by Gasteiger charge is -2.26. The van der Waals surface area contributed by atoms with Crippen LogP contribution in [0.25, 0.3) is 0 Å². The number of likely N-dealkylation sites (tertiary alicyclic amines) is 1. The van der Waals surface area contributed by atoms with Crippen molar-refractivity contribution in [2.24, 2.45) is 11.8 Å². The van der Waals surface area contributed by atoms with E-state index in [1.807, 2.05) is 11.8 Å². The van der Waals surface area contributed by atoms with Crippen molar-refractivity contribution in [3.05, 3.63) is 0 Å². The third kappa shape index (κ3) is 1.98. The molecule has 1 aliphatic heterocycles. The maximum absolute atomic E-state index is 11.7. The molecule has 15 heavy (non-hydrogen) atoms. The van der Waals surface area contributed by atoms with Crippen molar-refractivity contribution in [3.63, 3.8) is 0 Å². The number of hydrogen-bond acceptors (Lipinski definition) is 2. The lowest BCUT2D eigenvalue weighted by atomic mass is 9.93. The van der Waals surface area contributed by atoms with E-state index in [4.69, 9.17) is 5.11 Å². The van der Waals surface area contributed by atoms with Crippen molar-refractivity contribution < 1.29 is 14.7 Å². The number of hydrogen-bond donors (Lipinski definition) is 1. The third-order valence-electron chi connectivity index (χ3n) is 3.48. The number of rotatable bonds is 4. The topological polar surface area (TPSA) is 57.6 Å². The van der Waals surface area contributed by atoms with Gasteiger partial charge in [0.2, 0.25) is 5.91 Å². The molecule has 1 saturated carbocycles. The number of carboxylic acid groups (broad SMARTS) is 1. The van der Waals surface area contributed by atoms with E-state index in [1.165, 1.54) is 0 Å². The molecule has 0 aromatic rings. The van der Waals surface area contributed by atoms with Gasteiger partial charge in [-0.2, -0.15) is 0 Å². The summed E-state index contributed by atoms with van der Waals surface area (Å²) in [5.41, 5.74) is 0. The number of carbonyl (C=O) groups excluding carboxylic acids is 1. The van der Waals surface area contributed by atoms with Gasteiger partial charge in [0.05, 0.1) is 6.42 Å². The zero-order chi connectivity index (χ0) is 11.0. The standard InChI is InChI=1S/C11H17NO3/c1-2-12-9(13)5-8(6-10(14)15)11(12)7-3-4-7/h7-8,11H,2-6H2,1H3,(H,14,15)/t8-,11-/m1/s1. The Hall–Kier alpha value is -1.06. The SMILES string of the molecule is CCN1C(=O)C[C@H](CC(=O)O)[C@H]1C1CC1. The molecule has 2 atom stereocenters. The lowest BCUT2D eigenvalue weighted by molar-refractivity contribution is -0.138. The molecule has 2 fully saturated rings. The molecule has 1 heterocycles. The smallest absolute Gasteiger partial charge is 0.303 e. The average Bonchev–Trinajstić information content (AvgIpc) is 2.91. The van der Waals surface area contributed by atoms with Crippen molar-refractivity contribution in [1.29, 1.82) is 0 Å². The van der Waals surface area contributed by atoms with E-state index in [-0.39, 0.29) is 24.3 Å². The Morgan fingerprint density at radius 2 is 2.20 bits per heavy atom. The van der Waals surface area contributed by atoms with Crippen LogP contribution in [0.1, 0.15) is 32.6 Å². The first-order valence-corrected chi connectivity index (χ1v) is 5.64. The van der Waals surface area contributed by atoms with Gasteiger partial charge >= 0.3 is 5.97 Å². The van der Waals surface area contributed by atoms with E-state index in [9.17, 15) is 9.59 Å². The first-order chi connectivity index (χ1) is 7.13. The van der Waals surface area contributed by atoms with Crippen LogP contribution in [0.5, 0.6) is 0 Å². The van der Waals surface area contributed by atoms with Gasteiger partial charge < -0.3 is 10.0 Å². The fourth-order valence-electron chi connectivity index (χ4n) is 2.76. The van der Waals surface area contributed by atoms with Crippen LogP contribution in [0.2, 0.25) is 0 Å². The molecule has 0 radical (unpaired) electrons. The summed E-state index contributed by atoms with van der Waals surface area (Å²) in [6.07, 6.45) is 2.89. The van der Waals surface area contributed by atoms with Crippen molar-refractivity contribution >= 4 is 11.9 Å². The average molecular weight is 211 g/mol. The van der Waals surface area contributed by atoms with Crippen LogP contribution in [-0.4, -0.2) is 34.5 Å². The highest BCUT2D eigenvalue weighted by atomic mass is 16.4. The summed E-state index contributed by atoms with van der Waals surface area (Å²) in [6.45, 7) is 2.69. The number of nitrogens with zero attached hydrogens (tertiary/aromatic N) is 1. The monoisotopic (exact) mass is 211 g/mol. The van der Waals surface area contributed by atoms with Gasteiger partial charge in [0.25, 0.3) is 0 Å². The number of carbonyl (C=O) groups is 2. The third-order valence-corrected chi connectivity index (χ3v) is 3.48. The van der Waals surface area contributed by atoms with Crippen molar-refractivity contribution in [2.45, 2.75) is 38.6 Å². The Labute approximate surface area is 89.3 Å². The van der Waals surface area contributed by atoms with Crippen LogP contribution in [0.3, 0.4) is 0 Å². The molecule has 0 unspecified atom stereocenters. The van der Waals surface area contributed by atoms with E-state index >= 15 is 0 Å². The summed E-state index contributed by atoms with van der Waals surface area (Å²) in [4.78, 5) is 24.3. The minimum absolute atomic E-state index is 0.0439. The van der Waals surface area contributed by atoms with Gasteiger partial charge in [-0.3, -0.25) is 9.59 Å². The first-order valence-electron chi connectivity index (χ1n) is 5.64. The molecular weight excluding hydrogens is 194 g/mol.